The predicted molar refractivity (Wildman–Crippen MR) is 34.5 cm³/mol. The van der Waals surface area contributed by atoms with Crippen molar-refractivity contribution in [3.63, 3.8) is 0 Å². The van der Waals surface area contributed by atoms with E-state index in [0.717, 1.165) is 19.3 Å². The summed E-state index contributed by atoms with van der Waals surface area (Å²) >= 11 is 0. The fourth-order valence-corrected chi connectivity index (χ4v) is 1.27. The summed E-state index contributed by atoms with van der Waals surface area (Å²) in [5, 5.41) is 0. The van der Waals surface area contributed by atoms with Gasteiger partial charge in [0.05, 0.1) is 0 Å². The number of rotatable bonds is 1. The molecule has 1 rings (SSSR count). The molecule has 0 unspecified atom stereocenters. The molecule has 0 saturated heterocycles. The molecule has 0 bridgehead atoms. The summed E-state index contributed by atoms with van der Waals surface area (Å²) in [5.41, 5.74) is 10.6. The van der Waals surface area contributed by atoms with Crippen LogP contribution >= 0.6 is 0 Å². The van der Waals surface area contributed by atoms with Crippen LogP contribution in [0.1, 0.15) is 19.3 Å². The third kappa shape index (κ3) is 1.42. The molecule has 0 spiro atoms. The third-order valence-electron chi connectivity index (χ3n) is 1.88. The maximum atomic E-state index is 10.5. The highest BCUT2D eigenvalue weighted by molar-refractivity contribution is 5.76. The van der Waals surface area contributed by atoms with Crippen molar-refractivity contribution in [1.29, 1.82) is 0 Å². The standard InChI is InChI=1S/C6H12N2O/c7-5-2-1-4(3-5)6(8)9/h4-5H,1-3,7H2,(H2,8,9)/t4-,5-/m1/s1. The molecule has 2 atom stereocenters. The first-order chi connectivity index (χ1) is 4.20. The highest BCUT2D eigenvalue weighted by atomic mass is 16.1. The van der Waals surface area contributed by atoms with Gasteiger partial charge in [-0.15, -0.1) is 0 Å². The largest absolute Gasteiger partial charge is 0.369 e. The second kappa shape index (κ2) is 2.35. The van der Waals surface area contributed by atoms with Crippen molar-refractivity contribution >= 4 is 5.91 Å². The second-order valence-electron chi connectivity index (χ2n) is 2.67. The van der Waals surface area contributed by atoms with Crippen molar-refractivity contribution in [1.82, 2.24) is 0 Å². The normalized spacial score (nSPS) is 34.8. The minimum atomic E-state index is -0.192. The van der Waals surface area contributed by atoms with E-state index in [1.54, 1.807) is 0 Å². The van der Waals surface area contributed by atoms with E-state index in [2.05, 4.69) is 0 Å². The predicted octanol–water partition coefficient (Wildman–Crippen LogP) is -0.401. The molecule has 1 fully saturated rings. The number of nitrogens with two attached hydrogens (primary N) is 2. The number of carbonyl (C=O) groups excluding carboxylic acids is 1. The molecule has 1 amide bonds. The number of hydrogen-bond donors (Lipinski definition) is 2. The topological polar surface area (TPSA) is 69.1 Å². The van der Waals surface area contributed by atoms with Crippen LogP contribution in [0.3, 0.4) is 0 Å². The summed E-state index contributed by atoms with van der Waals surface area (Å²) in [7, 11) is 0. The van der Waals surface area contributed by atoms with Crippen LogP contribution in [0, 0.1) is 5.92 Å². The van der Waals surface area contributed by atoms with Gasteiger partial charge in [0.2, 0.25) is 5.91 Å². The first-order valence-corrected chi connectivity index (χ1v) is 3.25. The lowest BCUT2D eigenvalue weighted by atomic mass is 10.1. The molecule has 0 aromatic carbocycles. The van der Waals surface area contributed by atoms with Crippen LogP contribution in [-0.4, -0.2) is 11.9 Å². The smallest absolute Gasteiger partial charge is 0.220 e. The molecular formula is C6H12N2O. The Morgan fingerprint density at radius 1 is 1.44 bits per heavy atom. The van der Waals surface area contributed by atoms with Gasteiger partial charge < -0.3 is 11.5 Å². The molecular weight excluding hydrogens is 116 g/mol. The van der Waals surface area contributed by atoms with Gasteiger partial charge in [-0.2, -0.15) is 0 Å². The maximum Gasteiger partial charge on any atom is 0.220 e. The van der Waals surface area contributed by atoms with Gasteiger partial charge in [0.15, 0.2) is 0 Å². The van der Waals surface area contributed by atoms with Crippen molar-refractivity contribution in [2.24, 2.45) is 17.4 Å². The van der Waals surface area contributed by atoms with Gasteiger partial charge in [0.25, 0.3) is 0 Å². The Bertz CT molecular complexity index is 124. The van der Waals surface area contributed by atoms with Gasteiger partial charge in [0, 0.05) is 12.0 Å². The van der Waals surface area contributed by atoms with E-state index in [1.807, 2.05) is 0 Å². The fourth-order valence-electron chi connectivity index (χ4n) is 1.27. The highest BCUT2D eigenvalue weighted by Gasteiger charge is 2.25. The molecule has 0 aliphatic heterocycles. The Morgan fingerprint density at radius 3 is 2.33 bits per heavy atom. The van der Waals surface area contributed by atoms with E-state index >= 15 is 0 Å². The number of hydrogen-bond acceptors (Lipinski definition) is 2. The maximum absolute atomic E-state index is 10.5. The second-order valence-corrected chi connectivity index (χ2v) is 2.67. The van der Waals surface area contributed by atoms with E-state index in [4.69, 9.17) is 11.5 Å². The fraction of sp³-hybridized carbons (Fsp3) is 0.833. The van der Waals surface area contributed by atoms with Crippen molar-refractivity contribution in [3.8, 4) is 0 Å². The first-order valence-electron chi connectivity index (χ1n) is 3.25. The SMILES string of the molecule is NC(=O)[C@@H]1CC[C@@H](N)C1. The van der Waals surface area contributed by atoms with Crippen LogP contribution in [-0.2, 0) is 4.79 Å². The van der Waals surface area contributed by atoms with Crippen LogP contribution in [0.2, 0.25) is 0 Å². The third-order valence-corrected chi connectivity index (χ3v) is 1.88. The molecule has 1 saturated carbocycles. The average Bonchev–Trinajstić information content (AvgIpc) is 2.14. The lowest BCUT2D eigenvalue weighted by molar-refractivity contribution is -0.121. The van der Waals surface area contributed by atoms with E-state index in [-0.39, 0.29) is 17.9 Å². The van der Waals surface area contributed by atoms with E-state index < -0.39 is 0 Å². The molecule has 3 heteroatoms. The van der Waals surface area contributed by atoms with Gasteiger partial charge in [-0.05, 0) is 19.3 Å². The molecule has 1 aliphatic carbocycles. The quantitative estimate of drug-likeness (QED) is 0.504. The van der Waals surface area contributed by atoms with E-state index in [1.165, 1.54) is 0 Å². The van der Waals surface area contributed by atoms with Gasteiger partial charge in [0.1, 0.15) is 0 Å². The van der Waals surface area contributed by atoms with Crippen LogP contribution < -0.4 is 11.5 Å². The summed E-state index contributed by atoms with van der Waals surface area (Å²) in [5.74, 6) is -0.136. The zero-order chi connectivity index (χ0) is 6.85. The molecule has 3 nitrogen and oxygen atoms in total. The number of amides is 1. The van der Waals surface area contributed by atoms with Crippen molar-refractivity contribution in [3.05, 3.63) is 0 Å². The van der Waals surface area contributed by atoms with Crippen molar-refractivity contribution < 1.29 is 4.79 Å². The molecule has 0 heterocycles. The van der Waals surface area contributed by atoms with Gasteiger partial charge in [-0.25, -0.2) is 0 Å². The van der Waals surface area contributed by atoms with E-state index in [9.17, 15) is 4.79 Å². The molecule has 1 aliphatic rings. The highest BCUT2D eigenvalue weighted by Crippen LogP contribution is 2.22. The van der Waals surface area contributed by atoms with Crippen molar-refractivity contribution in [2.45, 2.75) is 25.3 Å². The lowest BCUT2D eigenvalue weighted by Gasteiger charge is -2.01. The summed E-state index contributed by atoms with van der Waals surface area (Å²) in [6.07, 6.45) is 2.62. The zero-order valence-corrected chi connectivity index (χ0v) is 5.34. The Labute approximate surface area is 54.4 Å². The minimum absolute atomic E-state index is 0.0556. The zero-order valence-electron chi connectivity index (χ0n) is 5.34. The Balaban J connectivity index is 2.39. The monoisotopic (exact) mass is 128 g/mol. The number of primary amides is 1. The summed E-state index contributed by atoms with van der Waals surface area (Å²) in [6.45, 7) is 0. The summed E-state index contributed by atoms with van der Waals surface area (Å²) in [4.78, 5) is 10.5. The molecule has 0 aromatic rings. The molecule has 0 radical (unpaired) electrons. The van der Waals surface area contributed by atoms with Gasteiger partial charge in [-0.1, -0.05) is 0 Å². The summed E-state index contributed by atoms with van der Waals surface area (Å²) in [6, 6.07) is 0.211. The Morgan fingerprint density at radius 2 is 2.11 bits per heavy atom. The molecule has 4 N–H and O–H groups in total. The minimum Gasteiger partial charge on any atom is -0.369 e. The molecule has 9 heavy (non-hydrogen) atoms. The van der Waals surface area contributed by atoms with Gasteiger partial charge >= 0.3 is 0 Å². The van der Waals surface area contributed by atoms with Crippen LogP contribution in [0.4, 0.5) is 0 Å². The van der Waals surface area contributed by atoms with Crippen molar-refractivity contribution in [2.75, 3.05) is 0 Å². The Hall–Kier alpha value is -0.570. The summed E-state index contributed by atoms with van der Waals surface area (Å²) < 4.78 is 0. The first kappa shape index (κ1) is 6.55. The Kier molecular flexibility index (Phi) is 1.71. The molecule has 52 valence electrons. The van der Waals surface area contributed by atoms with Crippen LogP contribution in [0.25, 0.3) is 0 Å². The number of carbonyl (C=O) groups is 1. The molecule has 0 aromatic heterocycles. The average molecular weight is 128 g/mol. The van der Waals surface area contributed by atoms with Crippen LogP contribution in [0.5, 0.6) is 0 Å². The van der Waals surface area contributed by atoms with Gasteiger partial charge in [-0.3, -0.25) is 4.79 Å². The van der Waals surface area contributed by atoms with Crippen LogP contribution in [0.15, 0.2) is 0 Å². The van der Waals surface area contributed by atoms with E-state index in [0.29, 0.717) is 0 Å². The lowest BCUT2D eigenvalue weighted by Crippen LogP contribution is -2.23.